The van der Waals surface area contributed by atoms with E-state index in [9.17, 15) is 9.90 Å². The van der Waals surface area contributed by atoms with Gasteiger partial charge in [-0.3, -0.25) is 4.79 Å². The summed E-state index contributed by atoms with van der Waals surface area (Å²) in [6.45, 7) is 15.2. The Morgan fingerprint density at radius 1 is 1.09 bits per heavy atom. The Kier molecular flexibility index (Phi) is 5.68. The molecule has 0 fully saturated rings. The molecule has 3 nitrogen and oxygen atoms in total. The summed E-state index contributed by atoms with van der Waals surface area (Å²) in [5, 5.41) is 12.3. The number of allylic oxidation sites excluding steroid dienone is 4. The molecule has 1 heterocycles. The lowest BCUT2D eigenvalue weighted by Crippen LogP contribution is -2.23. The Bertz CT molecular complexity index is 1330. The molecule has 32 heavy (non-hydrogen) atoms. The third kappa shape index (κ3) is 3.33. The largest absolute Gasteiger partial charge is 0.506 e. The van der Waals surface area contributed by atoms with Crippen molar-refractivity contribution in [1.82, 2.24) is 4.57 Å². The van der Waals surface area contributed by atoms with Gasteiger partial charge in [-0.05, 0) is 62.5 Å². The first-order valence-corrected chi connectivity index (χ1v) is 11.3. The van der Waals surface area contributed by atoms with Gasteiger partial charge in [-0.25, -0.2) is 0 Å². The average molecular weight is 426 g/mol. The fraction of sp³-hybridized carbons (Fsp3) is 0.276. The van der Waals surface area contributed by atoms with E-state index >= 15 is 0 Å². The number of unbranched alkanes of at least 4 members (excludes halogenated alkanes) is 1. The topological polar surface area (TPSA) is 42.2 Å². The second-order valence-corrected chi connectivity index (χ2v) is 8.88. The Morgan fingerprint density at radius 2 is 1.81 bits per heavy atom. The molecule has 0 atom stereocenters. The second kappa shape index (κ2) is 8.31. The highest BCUT2D eigenvalue weighted by Crippen LogP contribution is 2.46. The molecule has 164 valence electrons. The van der Waals surface area contributed by atoms with Crippen LogP contribution in [0.15, 0.2) is 65.9 Å². The van der Waals surface area contributed by atoms with Gasteiger partial charge in [0.05, 0.1) is 11.1 Å². The van der Waals surface area contributed by atoms with Crippen molar-refractivity contribution in [2.75, 3.05) is 0 Å². The zero-order valence-corrected chi connectivity index (χ0v) is 19.7. The molecule has 0 amide bonds. The van der Waals surface area contributed by atoms with Crippen LogP contribution in [-0.4, -0.2) is 15.5 Å². The smallest absolute Gasteiger partial charge is 0.201 e. The molecule has 3 heteroatoms. The van der Waals surface area contributed by atoms with Gasteiger partial charge in [0.1, 0.15) is 5.76 Å². The van der Waals surface area contributed by atoms with Gasteiger partial charge in [0.15, 0.2) is 0 Å². The molecule has 0 aliphatic heterocycles. The number of carbonyl (C=O) groups excluding carboxylic acids is 1. The molecule has 4 rings (SSSR count). The molecule has 1 N–H and O–H groups in total. The van der Waals surface area contributed by atoms with E-state index in [4.69, 9.17) is 0 Å². The van der Waals surface area contributed by atoms with Crippen molar-refractivity contribution >= 4 is 27.8 Å². The first-order chi connectivity index (χ1) is 15.3. The molecule has 0 radical (unpaired) electrons. The SMILES string of the molecule is C=C(C)/C(=C1/C(=O)C(c2c(C)n(CCCC)c3ccccc23)=C1O)c1cc(C)ccc1C. The maximum absolute atomic E-state index is 13.6. The highest BCUT2D eigenvalue weighted by molar-refractivity contribution is 6.43. The zero-order chi connectivity index (χ0) is 23.2. The third-order valence-electron chi connectivity index (χ3n) is 6.48. The van der Waals surface area contributed by atoms with Crippen molar-refractivity contribution in [2.24, 2.45) is 0 Å². The first kappa shape index (κ1) is 21.9. The van der Waals surface area contributed by atoms with Crippen molar-refractivity contribution < 1.29 is 9.90 Å². The molecule has 2 aromatic carbocycles. The minimum atomic E-state index is -0.108. The van der Waals surface area contributed by atoms with Crippen LogP contribution >= 0.6 is 0 Å². The number of fused-ring (bicyclic) bond motifs is 1. The van der Waals surface area contributed by atoms with E-state index in [0.29, 0.717) is 11.1 Å². The predicted molar refractivity (Wildman–Crippen MR) is 134 cm³/mol. The van der Waals surface area contributed by atoms with Crippen molar-refractivity contribution in [1.29, 1.82) is 0 Å². The van der Waals surface area contributed by atoms with Gasteiger partial charge >= 0.3 is 0 Å². The Morgan fingerprint density at radius 3 is 2.47 bits per heavy atom. The van der Waals surface area contributed by atoms with Gasteiger partial charge in [-0.1, -0.05) is 61.9 Å². The number of ketones is 1. The molecule has 0 unspecified atom stereocenters. The van der Waals surface area contributed by atoms with Crippen LogP contribution < -0.4 is 0 Å². The van der Waals surface area contributed by atoms with E-state index in [1.165, 1.54) is 0 Å². The Labute approximate surface area is 190 Å². The maximum Gasteiger partial charge on any atom is 0.201 e. The lowest BCUT2D eigenvalue weighted by atomic mass is 9.76. The van der Waals surface area contributed by atoms with Crippen LogP contribution in [0, 0.1) is 20.8 Å². The number of aliphatic hydroxyl groups excluding tert-OH is 1. The number of aryl methyl sites for hydroxylation is 3. The summed E-state index contributed by atoms with van der Waals surface area (Å²) in [4.78, 5) is 13.6. The number of benzene rings is 2. The lowest BCUT2D eigenvalue weighted by Gasteiger charge is -2.26. The van der Waals surface area contributed by atoms with Crippen LogP contribution in [0.3, 0.4) is 0 Å². The molecular formula is C29H31NO2. The average Bonchev–Trinajstić information content (AvgIpc) is 3.03. The summed E-state index contributed by atoms with van der Waals surface area (Å²) >= 11 is 0. The molecule has 0 spiro atoms. The van der Waals surface area contributed by atoms with Gasteiger partial charge in [-0.2, -0.15) is 0 Å². The summed E-state index contributed by atoms with van der Waals surface area (Å²) in [6, 6.07) is 14.3. The van der Waals surface area contributed by atoms with Gasteiger partial charge in [0.25, 0.3) is 0 Å². The number of hydrogen-bond acceptors (Lipinski definition) is 2. The summed E-state index contributed by atoms with van der Waals surface area (Å²) in [6.07, 6.45) is 2.16. The third-order valence-corrected chi connectivity index (χ3v) is 6.48. The van der Waals surface area contributed by atoms with E-state index in [2.05, 4.69) is 36.3 Å². The molecule has 0 saturated heterocycles. The van der Waals surface area contributed by atoms with Gasteiger partial charge in [0.2, 0.25) is 5.78 Å². The fourth-order valence-electron chi connectivity index (χ4n) is 4.80. The van der Waals surface area contributed by atoms with Crippen LogP contribution in [0.2, 0.25) is 0 Å². The van der Waals surface area contributed by atoms with E-state index in [0.717, 1.165) is 69.4 Å². The normalized spacial score (nSPS) is 15.3. The number of para-hydroxylation sites is 1. The number of aliphatic hydroxyl groups is 1. The van der Waals surface area contributed by atoms with Crippen LogP contribution in [0.4, 0.5) is 0 Å². The van der Waals surface area contributed by atoms with Crippen LogP contribution in [-0.2, 0) is 11.3 Å². The molecule has 1 aliphatic rings. The van der Waals surface area contributed by atoms with Crippen LogP contribution in [0.25, 0.3) is 22.0 Å². The maximum atomic E-state index is 13.6. The summed E-state index contributed by atoms with van der Waals surface area (Å²) in [7, 11) is 0. The summed E-state index contributed by atoms with van der Waals surface area (Å²) < 4.78 is 2.27. The number of Topliss-reactive ketones (excluding diaryl/α,β-unsaturated/α-hetero) is 1. The minimum absolute atomic E-state index is 0.0791. The predicted octanol–water partition coefficient (Wildman–Crippen LogP) is 7.25. The first-order valence-electron chi connectivity index (χ1n) is 11.3. The van der Waals surface area contributed by atoms with Crippen molar-refractivity contribution in [3.63, 3.8) is 0 Å². The van der Waals surface area contributed by atoms with Crippen molar-refractivity contribution in [3.8, 4) is 0 Å². The van der Waals surface area contributed by atoms with Crippen LogP contribution in [0.1, 0.15) is 54.6 Å². The fourth-order valence-corrected chi connectivity index (χ4v) is 4.80. The van der Waals surface area contributed by atoms with Crippen LogP contribution in [0.5, 0.6) is 0 Å². The highest BCUT2D eigenvalue weighted by Gasteiger charge is 2.40. The standard InChI is InChI=1S/C29H31NO2/c1-7-8-15-30-20(6)25(21-11-9-10-12-23(21)30)27-28(31)26(29(27)32)24(17(2)3)22-16-18(4)13-14-19(22)5/h9-14,16,31H,2,7-8,15H2,1,3-6H3/b26-24-. The van der Waals surface area contributed by atoms with Gasteiger partial charge in [-0.15, -0.1) is 0 Å². The molecular weight excluding hydrogens is 394 g/mol. The summed E-state index contributed by atoms with van der Waals surface area (Å²) in [5.74, 6) is -0.0294. The Hall–Kier alpha value is -3.33. The molecule has 1 aliphatic carbocycles. The lowest BCUT2D eigenvalue weighted by molar-refractivity contribution is -0.111. The number of carbonyl (C=O) groups is 1. The molecule has 0 saturated carbocycles. The van der Waals surface area contributed by atoms with E-state index < -0.39 is 0 Å². The minimum Gasteiger partial charge on any atom is -0.506 e. The highest BCUT2D eigenvalue weighted by atomic mass is 16.3. The molecule has 1 aromatic heterocycles. The molecule has 0 bridgehead atoms. The van der Waals surface area contributed by atoms with Crippen molar-refractivity contribution in [2.45, 2.75) is 54.0 Å². The summed E-state index contributed by atoms with van der Waals surface area (Å²) in [5.41, 5.74) is 8.42. The van der Waals surface area contributed by atoms with E-state index in [1.807, 2.05) is 52.0 Å². The van der Waals surface area contributed by atoms with Gasteiger partial charge in [0, 0.05) is 28.7 Å². The Balaban J connectivity index is 1.96. The monoisotopic (exact) mass is 425 g/mol. The number of aromatic nitrogens is 1. The van der Waals surface area contributed by atoms with E-state index in [1.54, 1.807) is 0 Å². The number of hydrogen-bond donors (Lipinski definition) is 1. The van der Waals surface area contributed by atoms with Gasteiger partial charge < -0.3 is 9.67 Å². The number of nitrogens with zero attached hydrogens (tertiary/aromatic N) is 1. The second-order valence-electron chi connectivity index (χ2n) is 8.88. The zero-order valence-electron chi connectivity index (χ0n) is 19.7. The molecule has 3 aromatic rings. The number of rotatable bonds is 6. The van der Waals surface area contributed by atoms with E-state index in [-0.39, 0.29) is 11.5 Å². The quantitative estimate of drug-likeness (QED) is 0.423. The van der Waals surface area contributed by atoms with Crippen molar-refractivity contribution in [3.05, 3.63) is 93.9 Å².